The lowest BCUT2D eigenvalue weighted by Gasteiger charge is -2.48. The summed E-state index contributed by atoms with van der Waals surface area (Å²) in [6.07, 6.45) is -3.99. The summed E-state index contributed by atoms with van der Waals surface area (Å²) >= 11 is 0. The van der Waals surface area contributed by atoms with Gasteiger partial charge >= 0.3 is 12.1 Å². The lowest BCUT2D eigenvalue weighted by atomic mass is 9.63. The number of halogens is 3. The summed E-state index contributed by atoms with van der Waals surface area (Å²) in [4.78, 5) is 12.5. The van der Waals surface area contributed by atoms with Crippen LogP contribution < -0.4 is 4.72 Å². The van der Waals surface area contributed by atoms with Gasteiger partial charge in [0.15, 0.2) is 5.54 Å². The van der Waals surface area contributed by atoms with Crippen LogP contribution in [0.25, 0.3) is 11.6 Å². The van der Waals surface area contributed by atoms with Gasteiger partial charge in [-0.1, -0.05) is 78.4 Å². The van der Waals surface area contributed by atoms with Crippen molar-refractivity contribution in [2.45, 2.75) is 23.5 Å². The lowest BCUT2D eigenvalue weighted by molar-refractivity contribution is -0.175. The molecule has 1 atom stereocenters. The molecule has 0 saturated heterocycles. The first kappa shape index (κ1) is 25.4. The fraction of sp³-hybridized carbons (Fsp3) is 0.148. The maximum atomic E-state index is 15.0. The normalized spacial score (nSPS) is 19.2. The molecule has 0 fully saturated rings. The van der Waals surface area contributed by atoms with Crippen LogP contribution in [-0.4, -0.2) is 33.2 Å². The van der Waals surface area contributed by atoms with Crippen molar-refractivity contribution in [2.75, 3.05) is 7.11 Å². The van der Waals surface area contributed by atoms with Gasteiger partial charge in [-0.15, -0.1) is 0 Å². The molecule has 4 rings (SSSR count). The van der Waals surface area contributed by atoms with Crippen molar-refractivity contribution < 1.29 is 31.1 Å². The van der Waals surface area contributed by atoms with E-state index in [9.17, 15) is 13.2 Å². The molecule has 0 bridgehead atoms. The molecule has 0 aliphatic heterocycles. The molecule has 0 aromatic heterocycles. The maximum absolute atomic E-state index is 15.0. The van der Waals surface area contributed by atoms with Crippen LogP contribution >= 0.6 is 0 Å². The highest BCUT2D eigenvalue weighted by molar-refractivity contribution is 7.89. The molecule has 1 N–H and O–H groups in total. The number of methoxy groups -OCH3 is 1. The molecule has 36 heavy (non-hydrogen) atoms. The average molecular weight is 514 g/mol. The molecule has 3 aromatic rings. The summed E-state index contributed by atoms with van der Waals surface area (Å²) in [6, 6.07) is 21.5. The number of aryl methyl sites for hydroxylation is 1. The second-order valence-corrected chi connectivity index (χ2v) is 9.93. The van der Waals surface area contributed by atoms with E-state index >= 15 is 13.2 Å². The highest BCUT2D eigenvalue weighted by atomic mass is 32.2. The van der Waals surface area contributed by atoms with Crippen molar-refractivity contribution in [1.29, 1.82) is 0 Å². The van der Waals surface area contributed by atoms with Gasteiger partial charge < -0.3 is 4.74 Å². The summed E-state index contributed by atoms with van der Waals surface area (Å²) < 4.78 is 78.3. The summed E-state index contributed by atoms with van der Waals surface area (Å²) in [7, 11) is -3.79. The van der Waals surface area contributed by atoms with Crippen LogP contribution in [0.5, 0.6) is 0 Å². The Morgan fingerprint density at radius 3 is 2.00 bits per heavy atom. The fourth-order valence-electron chi connectivity index (χ4n) is 4.18. The average Bonchev–Trinajstić information content (AvgIpc) is 2.85. The van der Waals surface area contributed by atoms with E-state index in [1.807, 2.05) is 4.72 Å². The molecule has 0 heterocycles. The molecule has 0 amide bonds. The Bertz CT molecular complexity index is 1450. The molecule has 1 aliphatic rings. The Balaban J connectivity index is 2.04. The van der Waals surface area contributed by atoms with Crippen molar-refractivity contribution in [3.8, 4) is 0 Å². The molecule has 9 heteroatoms. The van der Waals surface area contributed by atoms with E-state index in [2.05, 4.69) is 0 Å². The standard InChI is InChI=1S/C27H22F3NO4S/c1-18-13-15-21(16-14-18)36(33,34)31-26(27(28,29)30)22(17-19-9-5-3-6-10-19)23(24(26)25(32)35-2)20-11-7-4-8-12-20/h3-17,31H,1-2H3/b22-17+. The number of alkyl halides is 3. The van der Waals surface area contributed by atoms with E-state index in [0.717, 1.165) is 12.7 Å². The minimum atomic E-state index is -5.23. The Morgan fingerprint density at radius 2 is 1.47 bits per heavy atom. The SMILES string of the molecule is COC(=O)C1=C(c2ccccc2)/C(=C\c2ccccc2)C1(NS(=O)(=O)c1ccc(C)cc1)C(F)(F)F. The van der Waals surface area contributed by atoms with E-state index in [1.165, 1.54) is 30.3 Å². The van der Waals surface area contributed by atoms with Crippen molar-refractivity contribution in [3.63, 3.8) is 0 Å². The van der Waals surface area contributed by atoms with Crippen molar-refractivity contribution in [1.82, 2.24) is 4.72 Å². The quantitative estimate of drug-likeness (QED) is 0.454. The van der Waals surface area contributed by atoms with Crippen LogP contribution in [0.1, 0.15) is 16.7 Å². The van der Waals surface area contributed by atoms with Crippen LogP contribution in [0, 0.1) is 6.92 Å². The molecular weight excluding hydrogens is 491 g/mol. The summed E-state index contributed by atoms with van der Waals surface area (Å²) in [6.45, 7) is 1.72. The second kappa shape index (κ2) is 9.40. The Labute approximate surface area is 207 Å². The number of rotatable bonds is 6. The number of sulfonamides is 1. The first-order valence-electron chi connectivity index (χ1n) is 10.8. The topological polar surface area (TPSA) is 72.5 Å². The van der Waals surface area contributed by atoms with Gasteiger partial charge in [-0.2, -0.15) is 17.9 Å². The highest BCUT2D eigenvalue weighted by Crippen LogP contribution is 2.58. The van der Waals surface area contributed by atoms with Crippen LogP contribution in [0.4, 0.5) is 13.2 Å². The molecule has 1 aliphatic carbocycles. The zero-order chi connectivity index (χ0) is 26.1. The first-order chi connectivity index (χ1) is 17.0. The molecule has 1 unspecified atom stereocenters. The molecule has 0 radical (unpaired) electrons. The van der Waals surface area contributed by atoms with Gasteiger partial charge in [0.05, 0.1) is 17.6 Å². The summed E-state index contributed by atoms with van der Waals surface area (Å²) in [5.74, 6) is -1.29. The van der Waals surface area contributed by atoms with Crippen LogP contribution in [-0.2, 0) is 19.6 Å². The molecular formula is C27H22F3NO4S. The Morgan fingerprint density at radius 1 is 0.917 bits per heavy atom. The highest BCUT2D eigenvalue weighted by Gasteiger charge is 2.70. The zero-order valence-electron chi connectivity index (χ0n) is 19.3. The maximum Gasteiger partial charge on any atom is 0.416 e. The van der Waals surface area contributed by atoms with Gasteiger partial charge in [-0.25, -0.2) is 13.2 Å². The number of esters is 1. The van der Waals surface area contributed by atoms with Crippen LogP contribution in [0.3, 0.4) is 0 Å². The number of carbonyl (C=O) groups excluding carboxylic acids is 1. The van der Waals surface area contributed by atoms with Crippen molar-refractivity contribution >= 4 is 27.6 Å². The van der Waals surface area contributed by atoms with Gasteiger partial charge in [-0.05, 0) is 41.8 Å². The number of hydrogen-bond donors (Lipinski definition) is 1. The minimum absolute atomic E-state index is 0.0461. The summed E-state index contributed by atoms with van der Waals surface area (Å²) in [5.41, 5.74) is -3.19. The van der Waals surface area contributed by atoms with Gasteiger partial charge in [-0.3, -0.25) is 0 Å². The number of hydrogen-bond acceptors (Lipinski definition) is 4. The van der Waals surface area contributed by atoms with E-state index in [4.69, 9.17) is 4.74 Å². The third-order valence-electron chi connectivity index (χ3n) is 5.90. The third kappa shape index (κ3) is 4.36. The van der Waals surface area contributed by atoms with Gasteiger partial charge in [0.1, 0.15) is 0 Å². The Hall–Kier alpha value is -3.69. The van der Waals surface area contributed by atoms with E-state index in [1.54, 1.807) is 67.6 Å². The monoisotopic (exact) mass is 513 g/mol. The lowest BCUT2D eigenvalue weighted by Crippen LogP contribution is -2.67. The molecule has 3 aromatic carbocycles. The largest absolute Gasteiger partial charge is 0.466 e. The number of benzene rings is 3. The first-order valence-corrected chi connectivity index (χ1v) is 12.3. The van der Waals surface area contributed by atoms with E-state index in [0.29, 0.717) is 11.1 Å². The van der Waals surface area contributed by atoms with Gasteiger partial charge in [0.2, 0.25) is 10.0 Å². The third-order valence-corrected chi connectivity index (χ3v) is 7.37. The van der Waals surface area contributed by atoms with E-state index < -0.39 is 38.9 Å². The second-order valence-electron chi connectivity index (χ2n) is 8.24. The zero-order valence-corrected chi connectivity index (χ0v) is 20.2. The molecule has 0 saturated carbocycles. The number of nitrogens with one attached hydrogen (secondary N) is 1. The van der Waals surface area contributed by atoms with Crippen molar-refractivity contribution in [2.24, 2.45) is 0 Å². The molecule has 186 valence electrons. The molecule has 0 spiro atoms. The van der Waals surface area contributed by atoms with Gasteiger partial charge in [0.25, 0.3) is 0 Å². The van der Waals surface area contributed by atoms with E-state index in [-0.39, 0.29) is 10.5 Å². The Kier molecular flexibility index (Phi) is 6.64. The smallest absolute Gasteiger partial charge is 0.416 e. The van der Waals surface area contributed by atoms with Crippen LogP contribution in [0.15, 0.2) is 101 Å². The van der Waals surface area contributed by atoms with Gasteiger partial charge in [0, 0.05) is 5.57 Å². The minimum Gasteiger partial charge on any atom is -0.466 e. The summed E-state index contributed by atoms with van der Waals surface area (Å²) in [5, 5.41) is 0. The predicted octanol–water partition coefficient (Wildman–Crippen LogP) is 5.30. The molecule has 5 nitrogen and oxygen atoms in total. The number of carbonyl (C=O) groups is 1. The number of ether oxygens (including phenoxy) is 1. The fourth-order valence-corrected chi connectivity index (χ4v) is 5.52. The van der Waals surface area contributed by atoms with Crippen LogP contribution in [0.2, 0.25) is 0 Å². The predicted molar refractivity (Wildman–Crippen MR) is 130 cm³/mol. The van der Waals surface area contributed by atoms with Crippen molar-refractivity contribution in [3.05, 3.63) is 113 Å².